The van der Waals surface area contributed by atoms with Crippen molar-refractivity contribution in [1.29, 1.82) is 0 Å². The molecular weight excluding hydrogens is 330 g/mol. The second-order valence-electron chi connectivity index (χ2n) is 5.41. The predicted octanol–water partition coefficient (Wildman–Crippen LogP) is 2.16. The molecule has 0 aromatic heterocycles. The smallest absolute Gasteiger partial charge is 0.240 e. The topological polar surface area (TPSA) is 73.9 Å². The van der Waals surface area contributed by atoms with E-state index in [-0.39, 0.29) is 17.4 Å². The third kappa shape index (κ3) is 3.18. The van der Waals surface area contributed by atoms with Gasteiger partial charge in [0.25, 0.3) is 0 Å². The van der Waals surface area contributed by atoms with Crippen molar-refractivity contribution < 1.29 is 22.6 Å². The van der Waals surface area contributed by atoms with Crippen molar-refractivity contribution in [2.24, 2.45) is 0 Å². The molecule has 0 saturated heterocycles. The van der Waals surface area contributed by atoms with E-state index in [2.05, 4.69) is 4.72 Å². The van der Waals surface area contributed by atoms with Gasteiger partial charge in [0.15, 0.2) is 11.5 Å². The Balaban J connectivity index is 1.75. The van der Waals surface area contributed by atoms with E-state index in [1.54, 1.807) is 6.07 Å². The van der Waals surface area contributed by atoms with Crippen molar-refractivity contribution in [3.63, 3.8) is 0 Å². The van der Waals surface area contributed by atoms with Crippen LogP contribution in [0.5, 0.6) is 17.2 Å². The largest absolute Gasteiger partial charge is 0.493 e. The minimum atomic E-state index is -3.65. The molecule has 0 fully saturated rings. The van der Waals surface area contributed by atoms with Gasteiger partial charge in [0.1, 0.15) is 5.75 Å². The molecule has 1 N–H and O–H groups in total. The molecule has 7 heteroatoms. The Labute approximate surface area is 141 Å². The molecule has 1 atom stereocenters. The van der Waals surface area contributed by atoms with Gasteiger partial charge < -0.3 is 14.2 Å². The lowest BCUT2D eigenvalue weighted by Crippen LogP contribution is -2.29. The van der Waals surface area contributed by atoms with E-state index in [0.29, 0.717) is 18.1 Å². The third-order valence-corrected chi connectivity index (χ3v) is 5.41. The highest BCUT2D eigenvalue weighted by atomic mass is 32.2. The van der Waals surface area contributed by atoms with Crippen LogP contribution in [0.15, 0.2) is 47.4 Å². The number of benzene rings is 2. The maximum Gasteiger partial charge on any atom is 0.240 e. The fourth-order valence-electron chi connectivity index (χ4n) is 2.68. The Kier molecular flexibility index (Phi) is 4.64. The fourth-order valence-corrected chi connectivity index (χ4v) is 3.77. The van der Waals surface area contributed by atoms with Gasteiger partial charge in [0.2, 0.25) is 10.0 Å². The zero-order valence-electron chi connectivity index (χ0n) is 13.5. The molecule has 0 amide bonds. The highest BCUT2D eigenvalue weighted by Crippen LogP contribution is 2.33. The number of hydrogen-bond donors (Lipinski definition) is 1. The average Bonchev–Trinajstić information content (AvgIpc) is 3.02. The standard InChI is InChI=1S/C17H19NO5S/c1-21-16-8-7-13(9-17(16)22-2)24(19,20)18-10-12-11-23-15-6-4-3-5-14(12)15/h3-9,12,18H,10-11H2,1-2H3. The van der Waals surface area contributed by atoms with Crippen molar-refractivity contribution in [3.8, 4) is 17.2 Å². The van der Waals surface area contributed by atoms with Crippen LogP contribution in [0.1, 0.15) is 11.5 Å². The number of hydrogen-bond acceptors (Lipinski definition) is 5. The summed E-state index contributed by atoms with van der Waals surface area (Å²) in [5.41, 5.74) is 1.02. The molecule has 1 unspecified atom stereocenters. The van der Waals surface area contributed by atoms with Crippen LogP contribution < -0.4 is 18.9 Å². The Morgan fingerprint density at radius 3 is 2.62 bits per heavy atom. The van der Waals surface area contributed by atoms with Crippen LogP contribution in [0.25, 0.3) is 0 Å². The van der Waals surface area contributed by atoms with E-state index < -0.39 is 10.0 Å². The van der Waals surface area contributed by atoms with Gasteiger partial charge in [-0.3, -0.25) is 0 Å². The van der Waals surface area contributed by atoms with E-state index in [4.69, 9.17) is 14.2 Å². The number of methoxy groups -OCH3 is 2. The van der Waals surface area contributed by atoms with Gasteiger partial charge in [0, 0.05) is 24.1 Å². The highest BCUT2D eigenvalue weighted by Gasteiger charge is 2.26. The number of para-hydroxylation sites is 1. The average molecular weight is 349 g/mol. The lowest BCUT2D eigenvalue weighted by molar-refractivity contribution is 0.330. The molecule has 128 valence electrons. The van der Waals surface area contributed by atoms with Crippen LogP contribution in [-0.2, 0) is 10.0 Å². The lowest BCUT2D eigenvalue weighted by atomic mass is 10.0. The molecule has 0 radical (unpaired) electrons. The summed E-state index contributed by atoms with van der Waals surface area (Å²) in [6, 6.07) is 12.2. The molecular formula is C17H19NO5S. The van der Waals surface area contributed by atoms with Gasteiger partial charge in [0.05, 0.1) is 25.7 Å². The first-order chi connectivity index (χ1) is 11.5. The molecule has 2 aromatic rings. The SMILES string of the molecule is COc1ccc(S(=O)(=O)NCC2COc3ccccc32)cc1OC. The van der Waals surface area contributed by atoms with Gasteiger partial charge >= 0.3 is 0 Å². The Bertz CT molecular complexity index is 835. The monoisotopic (exact) mass is 349 g/mol. The zero-order chi connectivity index (χ0) is 17.2. The van der Waals surface area contributed by atoms with Crippen LogP contribution in [0.2, 0.25) is 0 Å². The van der Waals surface area contributed by atoms with E-state index >= 15 is 0 Å². The van der Waals surface area contributed by atoms with Gasteiger partial charge in [-0.15, -0.1) is 0 Å². The van der Waals surface area contributed by atoms with Crippen molar-refractivity contribution in [2.75, 3.05) is 27.4 Å². The number of ether oxygens (including phenoxy) is 3. The summed E-state index contributed by atoms with van der Waals surface area (Å²) in [4.78, 5) is 0.132. The van der Waals surface area contributed by atoms with Crippen molar-refractivity contribution >= 4 is 10.0 Å². The second-order valence-corrected chi connectivity index (χ2v) is 7.18. The summed E-state index contributed by atoms with van der Waals surface area (Å²) in [7, 11) is -0.680. The summed E-state index contributed by atoms with van der Waals surface area (Å²) in [6.45, 7) is 0.738. The first-order valence-electron chi connectivity index (χ1n) is 7.48. The van der Waals surface area contributed by atoms with Crippen LogP contribution in [0.4, 0.5) is 0 Å². The molecule has 2 aromatic carbocycles. The van der Waals surface area contributed by atoms with E-state index in [9.17, 15) is 8.42 Å². The van der Waals surface area contributed by atoms with Gasteiger partial charge in [-0.2, -0.15) is 0 Å². The maximum absolute atomic E-state index is 12.5. The Hall–Kier alpha value is -2.25. The fraction of sp³-hybridized carbons (Fsp3) is 0.294. The first kappa shape index (κ1) is 16.6. The summed E-state index contributed by atoms with van der Waals surface area (Å²) in [6.07, 6.45) is 0. The van der Waals surface area contributed by atoms with Crippen molar-refractivity contribution in [1.82, 2.24) is 4.72 Å². The second kappa shape index (κ2) is 6.70. The van der Waals surface area contributed by atoms with Gasteiger partial charge in [-0.1, -0.05) is 18.2 Å². The van der Waals surface area contributed by atoms with Crippen molar-refractivity contribution in [2.45, 2.75) is 10.8 Å². The minimum absolute atomic E-state index is 0.00359. The molecule has 6 nitrogen and oxygen atoms in total. The number of rotatable bonds is 6. The lowest BCUT2D eigenvalue weighted by Gasteiger charge is -2.13. The van der Waals surface area contributed by atoms with Crippen LogP contribution in [0, 0.1) is 0 Å². The molecule has 0 bridgehead atoms. The summed E-state index contributed by atoms with van der Waals surface area (Å²) in [5, 5.41) is 0. The van der Waals surface area contributed by atoms with E-state index in [0.717, 1.165) is 11.3 Å². The Morgan fingerprint density at radius 1 is 1.12 bits per heavy atom. The predicted molar refractivity (Wildman–Crippen MR) is 89.4 cm³/mol. The molecule has 3 rings (SSSR count). The van der Waals surface area contributed by atoms with Crippen LogP contribution in [-0.4, -0.2) is 35.8 Å². The quantitative estimate of drug-likeness (QED) is 0.865. The Morgan fingerprint density at radius 2 is 1.88 bits per heavy atom. The number of fused-ring (bicyclic) bond motifs is 1. The van der Waals surface area contributed by atoms with E-state index in [1.807, 2.05) is 24.3 Å². The summed E-state index contributed by atoms with van der Waals surface area (Å²) in [5.74, 6) is 1.66. The van der Waals surface area contributed by atoms with Gasteiger partial charge in [-0.25, -0.2) is 13.1 Å². The first-order valence-corrected chi connectivity index (χ1v) is 8.97. The maximum atomic E-state index is 12.5. The molecule has 0 spiro atoms. The molecule has 24 heavy (non-hydrogen) atoms. The zero-order valence-corrected chi connectivity index (χ0v) is 14.3. The molecule has 1 aliphatic heterocycles. The van der Waals surface area contributed by atoms with E-state index in [1.165, 1.54) is 26.4 Å². The third-order valence-electron chi connectivity index (χ3n) is 3.98. The van der Waals surface area contributed by atoms with Gasteiger partial charge in [-0.05, 0) is 18.2 Å². The van der Waals surface area contributed by atoms with Crippen LogP contribution in [0.3, 0.4) is 0 Å². The normalized spacial score (nSPS) is 16.3. The number of nitrogens with one attached hydrogen (secondary N) is 1. The molecule has 1 heterocycles. The minimum Gasteiger partial charge on any atom is -0.493 e. The molecule has 0 aliphatic carbocycles. The highest BCUT2D eigenvalue weighted by molar-refractivity contribution is 7.89. The molecule has 0 saturated carbocycles. The number of sulfonamides is 1. The summed E-state index contributed by atoms with van der Waals surface area (Å²) < 4.78 is 43.5. The van der Waals surface area contributed by atoms with Crippen molar-refractivity contribution in [3.05, 3.63) is 48.0 Å². The van der Waals surface area contributed by atoms with Crippen LogP contribution >= 0.6 is 0 Å². The summed E-state index contributed by atoms with van der Waals surface area (Å²) >= 11 is 0. The molecule has 1 aliphatic rings.